The zero-order valence-corrected chi connectivity index (χ0v) is 8.53. The molecule has 0 aliphatic rings. The molecule has 0 saturated carbocycles. The Morgan fingerprint density at radius 1 is 1.36 bits per heavy atom. The van der Waals surface area contributed by atoms with E-state index in [-0.39, 0.29) is 0 Å². The Morgan fingerprint density at radius 2 is 1.93 bits per heavy atom. The van der Waals surface area contributed by atoms with Crippen LogP contribution in [0.2, 0.25) is 0 Å². The predicted molar refractivity (Wildman–Crippen MR) is 53.1 cm³/mol. The quantitative estimate of drug-likeness (QED) is 0.751. The van der Waals surface area contributed by atoms with Crippen molar-refractivity contribution in [1.82, 2.24) is 0 Å². The molecule has 0 aliphatic heterocycles. The summed E-state index contributed by atoms with van der Waals surface area (Å²) in [6.07, 6.45) is 0. The molecule has 1 unspecified atom stereocenters. The maximum Gasteiger partial charge on any atom is 0.340 e. The highest BCUT2D eigenvalue weighted by molar-refractivity contribution is 5.79. The molecule has 0 saturated heterocycles. The molecular formula is C11H14O3. The maximum absolute atomic E-state index is 10.8. The fourth-order valence-electron chi connectivity index (χ4n) is 1.38. The minimum absolute atomic E-state index is 0.449. The molecule has 0 heterocycles. The third-order valence-corrected chi connectivity index (χ3v) is 2.33. The SMILES string of the molecule is Cc1ccc(C)c(C(C)(O)C(=O)O)c1. The first-order chi connectivity index (χ1) is 6.35. The van der Waals surface area contributed by atoms with Gasteiger partial charge in [-0.2, -0.15) is 0 Å². The van der Waals surface area contributed by atoms with Crippen LogP contribution in [0.15, 0.2) is 18.2 Å². The van der Waals surface area contributed by atoms with Gasteiger partial charge in [0, 0.05) is 0 Å². The normalized spacial score (nSPS) is 14.9. The number of carboxylic acid groups (broad SMARTS) is 1. The van der Waals surface area contributed by atoms with Gasteiger partial charge in [-0.15, -0.1) is 0 Å². The van der Waals surface area contributed by atoms with E-state index in [1.54, 1.807) is 13.0 Å². The van der Waals surface area contributed by atoms with Gasteiger partial charge in [0.05, 0.1) is 0 Å². The Hall–Kier alpha value is -1.35. The number of carbonyl (C=O) groups is 1. The van der Waals surface area contributed by atoms with Gasteiger partial charge in [0.25, 0.3) is 0 Å². The smallest absolute Gasteiger partial charge is 0.340 e. The van der Waals surface area contributed by atoms with Crippen LogP contribution in [0.3, 0.4) is 0 Å². The fraction of sp³-hybridized carbons (Fsp3) is 0.364. The average molecular weight is 194 g/mol. The van der Waals surface area contributed by atoms with Gasteiger partial charge in [-0.25, -0.2) is 4.79 Å². The highest BCUT2D eigenvalue weighted by Crippen LogP contribution is 2.25. The Labute approximate surface area is 83.0 Å². The van der Waals surface area contributed by atoms with Crippen LogP contribution < -0.4 is 0 Å². The first-order valence-electron chi connectivity index (χ1n) is 4.39. The van der Waals surface area contributed by atoms with Crippen LogP contribution in [-0.2, 0) is 10.4 Å². The Morgan fingerprint density at radius 3 is 2.43 bits per heavy atom. The molecule has 1 atom stereocenters. The summed E-state index contributed by atoms with van der Waals surface area (Å²) in [5, 5.41) is 18.6. The molecule has 2 N–H and O–H groups in total. The van der Waals surface area contributed by atoms with Crippen molar-refractivity contribution in [2.45, 2.75) is 26.4 Å². The number of aliphatic hydroxyl groups is 1. The van der Waals surface area contributed by atoms with E-state index < -0.39 is 11.6 Å². The van der Waals surface area contributed by atoms with Crippen LogP contribution in [0.5, 0.6) is 0 Å². The van der Waals surface area contributed by atoms with Crippen LogP contribution in [0.1, 0.15) is 23.6 Å². The second-order valence-corrected chi connectivity index (χ2v) is 3.70. The van der Waals surface area contributed by atoms with E-state index >= 15 is 0 Å². The van der Waals surface area contributed by atoms with Gasteiger partial charge in [0.1, 0.15) is 0 Å². The average Bonchev–Trinajstić information content (AvgIpc) is 2.08. The third-order valence-electron chi connectivity index (χ3n) is 2.33. The van der Waals surface area contributed by atoms with Gasteiger partial charge in [-0.05, 0) is 31.9 Å². The molecule has 76 valence electrons. The van der Waals surface area contributed by atoms with Gasteiger partial charge in [-0.3, -0.25) is 0 Å². The minimum Gasteiger partial charge on any atom is -0.479 e. The first kappa shape index (κ1) is 10.7. The third kappa shape index (κ3) is 1.77. The second-order valence-electron chi connectivity index (χ2n) is 3.70. The lowest BCUT2D eigenvalue weighted by molar-refractivity contribution is -0.157. The zero-order chi connectivity index (χ0) is 10.9. The topological polar surface area (TPSA) is 57.5 Å². The largest absolute Gasteiger partial charge is 0.479 e. The van der Waals surface area contributed by atoms with Crippen molar-refractivity contribution in [3.8, 4) is 0 Å². The molecule has 0 radical (unpaired) electrons. The molecule has 0 spiro atoms. The van der Waals surface area contributed by atoms with Crippen LogP contribution in [-0.4, -0.2) is 16.2 Å². The summed E-state index contributed by atoms with van der Waals surface area (Å²) in [6, 6.07) is 5.39. The van der Waals surface area contributed by atoms with E-state index in [0.717, 1.165) is 11.1 Å². The molecule has 0 fully saturated rings. The summed E-state index contributed by atoms with van der Waals surface area (Å²) in [6.45, 7) is 4.93. The lowest BCUT2D eigenvalue weighted by atomic mass is 9.91. The summed E-state index contributed by atoms with van der Waals surface area (Å²) in [7, 11) is 0. The second kappa shape index (κ2) is 3.42. The van der Waals surface area contributed by atoms with Crippen molar-refractivity contribution in [1.29, 1.82) is 0 Å². The highest BCUT2D eigenvalue weighted by atomic mass is 16.4. The van der Waals surface area contributed by atoms with Crippen molar-refractivity contribution in [2.75, 3.05) is 0 Å². The summed E-state index contributed by atoms with van der Waals surface area (Å²) in [4.78, 5) is 10.8. The number of aryl methyl sites for hydroxylation is 2. The molecule has 0 aromatic heterocycles. The van der Waals surface area contributed by atoms with Gasteiger partial charge < -0.3 is 10.2 Å². The predicted octanol–water partition coefficient (Wildman–Crippen LogP) is 1.60. The van der Waals surface area contributed by atoms with Crippen LogP contribution >= 0.6 is 0 Å². The summed E-state index contributed by atoms with van der Waals surface area (Å²) in [5.41, 5.74) is 0.357. The molecule has 3 heteroatoms. The summed E-state index contributed by atoms with van der Waals surface area (Å²) >= 11 is 0. The molecule has 1 aromatic carbocycles. The molecule has 3 nitrogen and oxygen atoms in total. The van der Waals surface area contributed by atoms with Crippen LogP contribution in [0.4, 0.5) is 0 Å². The molecule has 0 amide bonds. The fourth-order valence-corrected chi connectivity index (χ4v) is 1.38. The van der Waals surface area contributed by atoms with E-state index in [2.05, 4.69) is 0 Å². The Kier molecular flexibility index (Phi) is 2.62. The van der Waals surface area contributed by atoms with Crippen molar-refractivity contribution >= 4 is 5.97 Å². The van der Waals surface area contributed by atoms with Crippen molar-refractivity contribution < 1.29 is 15.0 Å². The Bertz CT molecular complexity index is 367. The Balaban J connectivity index is 3.31. The number of rotatable bonds is 2. The summed E-state index contributed by atoms with van der Waals surface area (Å²) in [5.74, 6) is -1.23. The number of carboxylic acids is 1. The van der Waals surface area contributed by atoms with Gasteiger partial charge >= 0.3 is 5.97 Å². The standard InChI is InChI=1S/C11H14O3/c1-7-4-5-8(2)9(6-7)11(3,14)10(12)13/h4-6,14H,1-3H3,(H,12,13). The van der Waals surface area contributed by atoms with Crippen LogP contribution in [0, 0.1) is 13.8 Å². The lowest BCUT2D eigenvalue weighted by Crippen LogP contribution is -2.32. The molecule has 1 aromatic rings. The van der Waals surface area contributed by atoms with E-state index in [1.807, 2.05) is 19.1 Å². The molecular weight excluding hydrogens is 180 g/mol. The maximum atomic E-state index is 10.8. The minimum atomic E-state index is -1.81. The summed E-state index contributed by atoms with van der Waals surface area (Å²) < 4.78 is 0. The van der Waals surface area contributed by atoms with Gasteiger partial charge in [-0.1, -0.05) is 23.8 Å². The van der Waals surface area contributed by atoms with Crippen molar-refractivity contribution in [3.05, 3.63) is 34.9 Å². The van der Waals surface area contributed by atoms with Crippen LogP contribution in [0.25, 0.3) is 0 Å². The van der Waals surface area contributed by atoms with E-state index in [9.17, 15) is 9.90 Å². The van der Waals surface area contributed by atoms with Gasteiger partial charge in [0.2, 0.25) is 0 Å². The highest BCUT2D eigenvalue weighted by Gasteiger charge is 2.33. The number of hydrogen-bond acceptors (Lipinski definition) is 2. The zero-order valence-electron chi connectivity index (χ0n) is 8.53. The number of hydrogen-bond donors (Lipinski definition) is 2. The van der Waals surface area contributed by atoms with E-state index in [0.29, 0.717) is 5.56 Å². The van der Waals surface area contributed by atoms with E-state index in [1.165, 1.54) is 6.92 Å². The van der Waals surface area contributed by atoms with Gasteiger partial charge in [0.15, 0.2) is 5.60 Å². The molecule has 1 rings (SSSR count). The monoisotopic (exact) mass is 194 g/mol. The van der Waals surface area contributed by atoms with E-state index in [4.69, 9.17) is 5.11 Å². The van der Waals surface area contributed by atoms with Crippen molar-refractivity contribution in [2.24, 2.45) is 0 Å². The first-order valence-corrected chi connectivity index (χ1v) is 4.39. The lowest BCUT2D eigenvalue weighted by Gasteiger charge is -2.21. The molecule has 14 heavy (non-hydrogen) atoms. The molecule has 0 bridgehead atoms. The number of aliphatic carboxylic acids is 1. The van der Waals surface area contributed by atoms with Crippen molar-refractivity contribution in [3.63, 3.8) is 0 Å². The number of benzene rings is 1. The molecule has 0 aliphatic carbocycles.